The molecule has 20 heavy (non-hydrogen) atoms. The number of hydrogen-bond donors (Lipinski definition) is 1. The Labute approximate surface area is 118 Å². The van der Waals surface area contributed by atoms with Crippen molar-refractivity contribution in [2.75, 3.05) is 0 Å². The standard InChI is InChI=1S/C16H17NO3/c1-11-12(2)17-10-9-15(11)20-14-6-3-13(4-7-14)5-8-16(18)19/h3-4,6-7,9-10H,5,8H2,1-2H3,(H,18,19). The van der Waals surface area contributed by atoms with Gasteiger partial charge in [0.05, 0.1) is 0 Å². The molecule has 0 unspecified atom stereocenters. The summed E-state index contributed by atoms with van der Waals surface area (Å²) in [5.41, 5.74) is 2.95. The highest BCUT2D eigenvalue weighted by atomic mass is 16.5. The SMILES string of the molecule is Cc1nccc(Oc2ccc(CCC(=O)O)cc2)c1C. The van der Waals surface area contributed by atoms with Crippen LogP contribution in [-0.2, 0) is 11.2 Å². The fourth-order valence-corrected chi connectivity index (χ4v) is 1.83. The molecule has 0 aliphatic carbocycles. The molecule has 4 heteroatoms. The van der Waals surface area contributed by atoms with Crippen LogP contribution >= 0.6 is 0 Å². The first-order chi connectivity index (χ1) is 9.56. The number of rotatable bonds is 5. The minimum atomic E-state index is -0.784. The fraction of sp³-hybridized carbons (Fsp3) is 0.250. The molecule has 0 atom stereocenters. The van der Waals surface area contributed by atoms with E-state index in [1.807, 2.05) is 44.2 Å². The van der Waals surface area contributed by atoms with Crippen molar-refractivity contribution in [2.45, 2.75) is 26.7 Å². The zero-order chi connectivity index (χ0) is 14.5. The van der Waals surface area contributed by atoms with E-state index in [0.29, 0.717) is 6.42 Å². The fourth-order valence-electron chi connectivity index (χ4n) is 1.83. The number of benzene rings is 1. The van der Waals surface area contributed by atoms with Crippen LogP contribution in [0.15, 0.2) is 36.5 Å². The molecule has 2 aromatic rings. The van der Waals surface area contributed by atoms with Gasteiger partial charge in [-0.3, -0.25) is 9.78 Å². The predicted octanol–water partition coefficient (Wildman–Crippen LogP) is 3.51. The van der Waals surface area contributed by atoms with Crippen LogP contribution < -0.4 is 4.74 Å². The van der Waals surface area contributed by atoms with E-state index in [4.69, 9.17) is 9.84 Å². The number of hydrogen-bond acceptors (Lipinski definition) is 3. The van der Waals surface area contributed by atoms with Crippen LogP contribution in [0.25, 0.3) is 0 Å². The molecule has 1 heterocycles. The summed E-state index contributed by atoms with van der Waals surface area (Å²) in [4.78, 5) is 14.7. The Morgan fingerprint density at radius 3 is 2.55 bits per heavy atom. The second kappa shape index (κ2) is 6.19. The van der Waals surface area contributed by atoms with E-state index in [9.17, 15) is 4.79 Å². The molecule has 0 aliphatic heterocycles. The molecule has 4 nitrogen and oxygen atoms in total. The Bertz CT molecular complexity index is 606. The average molecular weight is 271 g/mol. The van der Waals surface area contributed by atoms with Crippen LogP contribution in [0.4, 0.5) is 0 Å². The quantitative estimate of drug-likeness (QED) is 0.904. The Hall–Kier alpha value is -2.36. The van der Waals surface area contributed by atoms with Crippen molar-refractivity contribution < 1.29 is 14.6 Å². The number of ether oxygens (including phenoxy) is 1. The van der Waals surface area contributed by atoms with Gasteiger partial charge in [0.1, 0.15) is 11.5 Å². The summed E-state index contributed by atoms with van der Waals surface area (Å²) in [6, 6.07) is 9.32. The number of pyridine rings is 1. The normalized spacial score (nSPS) is 10.3. The molecule has 0 saturated heterocycles. The first-order valence-electron chi connectivity index (χ1n) is 6.47. The van der Waals surface area contributed by atoms with Crippen molar-refractivity contribution in [1.82, 2.24) is 4.98 Å². The topological polar surface area (TPSA) is 59.4 Å². The summed E-state index contributed by atoms with van der Waals surface area (Å²) in [6.07, 6.45) is 2.39. The van der Waals surface area contributed by atoms with Crippen molar-refractivity contribution in [3.05, 3.63) is 53.3 Å². The van der Waals surface area contributed by atoms with Gasteiger partial charge in [0.2, 0.25) is 0 Å². The Balaban J connectivity index is 2.07. The second-order valence-corrected chi connectivity index (χ2v) is 4.66. The maximum absolute atomic E-state index is 10.5. The van der Waals surface area contributed by atoms with Crippen LogP contribution in [0.2, 0.25) is 0 Å². The van der Waals surface area contributed by atoms with E-state index in [1.165, 1.54) is 0 Å². The molecular formula is C16H17NO3. The number of aryl methyl sites for hydroxylation is 2. The van der Waals surface area contributed by atoms with Crippen molar-refractivity contribution in [3.8, 4) is 11.5 Å². The highest BCUT2D eigenvalue weighted by molar-refractivity contribution is 5.67. The number of carbonyl (C=O) groups is 1. The van der Waals surface area contributed by atoms with E-state index >= 15 is 0 Å². The summed E-state index contributed by atoms with van der Waals surface area (Å²) in [7, 11) is 0. The lowest BCUT2D eigenvalue weighted by atomic mass is 10.1. The van der Waals surface area contributed by atoms with Crippen LogP contribution in [-0.4, -0.2) is 16.1 Å². The lowest BCUT2D eigenvalue weighted by Gasteiger charge is -2.10. The van der Waals surface area contributed by atoms with Gasteiger partial charge in [0.25, 0.3) is 0 Å². The third kappa shape index (κ3) is 3.57. The number of carboxylic acid groups (broad SMARTS) is 1. The van der Waals surface area contributed by atoms with Crippen LogP contribution in [0.3, 0.4) is 0 Å². The molecule has 0 spiro atoms. The van der Waals surface area contributed by atoms with Gasteiger partial charge >= 0.3 is 5.97 Å². The van der Waals surface area contributed by atoms with Crippen LogP contribution in [0.5, 0.6) is 11.5 Å². The van der Waals surface area contributed by atoms with Gasteiger partial charge in [-0.2, -0.15) is 0 Å². The van der Waals surface area contributed by atoms with Gasteiger partial charge in [0.15, 0.2) is 0 Å². The highest BCUT2D eigenvalue weighted by Gasteiger charge is 2.05. The average Bonchev–Trinajstić information content (AvgIpc) is 2.43. The summed E-state index contributed by atoms with van der Waals surface area (Å²) < 4.78 is 5.81. The highest BCUT2D eigenvalue weighted by Crippen LogP contribution is 2.26. The Morgan fingerprint density at radius 2 is 1.90 bits per heavy atom. The van der Waals surface area contributed by atoms with Gasteiger partial charge in [0, 0.05) is 23.9 Å². The third-order valence-electron chi connectivity index (χ3n) is 3.19. The molecule has 0 bridgehead atoms. The second-order valence-electron chi connectivity index (χ2n) is 4.66. The smallest absolute Gasteiger partial charge is 0.303 e. The van der Waals surface area contributed by atoms with Gasteiger partial charge in [-0.25, -0.2) is 0 Å². The monoisotopic (exact) mass is 271 g/mol. The largest absolute Gasteiger partial charge is 0.481 e. The van der Waals surface area contributed by atoms with E-state index in [0.717, 1.165) is 28.3 Å². The summed E-state index contributed by atoms with van der Waals surface area (Å²) >= 11 is 0. The van der Waals surface area contributed by atoms with E-state index in [2.05, 4.69) is 4.98 Å². The summed E-state index contributed by atoms with van der Waals surface area (Å²) in [5.74, 6) is 0.738. The molecule has 0 aliphatic rings. The van der Waals surface area contributed by atoms with Gasteiger partial charge in [-0.1, -0.05) is 12.1 Å². The van der Waals surface area contributed by atoms with Gasteiger partial charge < -0.3 is 9.84 Å². The molecule has 104 valence electrons. The Morgan fingerprint density at radius 1 is 1.20 bits per heavy atom. The molecule has 0 saturated carbocycles. The lowest BCUT2D eigenvalue weighted by Crippen LogP contribution is -1.97. The maximum Gasteiger partial charge on any atom is 0.303 e. The molecule has 2 rings (SSSR count). The van der Waals surface area contributed by atoms with Gasteiger partial charge in [-0.15, -0.1) is 0 Å². The first-order valence-corrected chi connectivity index (χ1v) is 6.47. The molecular weight excluding hydrogens is 254 g/mol. The molecule has 0 fully saturated rings. The van der Waals surface area contributed by atoms with E-state index in [-0.39, 0.29) is 6.42 Å². The first kappa shape index (κ1) is 14.1. The zero-order valence-corrected chi connectivity index (χ0v) is 11.6. The van der Waals surface area contributed by atoms with E-state index < -0.39 is 5.97 Å². The minimum Gasteiger partial charge on any atom is -0.481 e. The third-order valence-corrected chi connectivity index (χ3v) is 3.19. The van der Waals surface area contributed by atoms with Gasteiger partial charge in [-0.05, 0) is 44.0 Å². The van der Waals surface area contributed by atoms with E-state index in [1.54, 1.807) is 6.20 Å². The lowest BCUT2D eigenvalue weighted by molar-refractivity contribution is -0.136. The van der Waals surface area contributed by atoms with Crippen molar-refractivity contribution in [2.24, 2.45) is 0 Å². The van der Waals surface area contributed by atoms with Crippen molar-refractivity contribution in [1.29, 1.82) is 0 Å². The molecule has 0 amide bonds. The molecule has 0 radical (unpaired) electrons. The Kier molecular flexibility index (Phi) is 4.35. The van der Waals surface area contributed by atoms with Crippen LogP contribution in [0.1, 0.15) is 23.2 Å². The van der Waals surface area contributed by atoms with Crippen molar-refractivity contribution >= 4 is 5.97 Å². The zero-order valence-electron chi connectivity index (χ0n) is 11.6. The number of aliphatic carboxylic acids is 1. The summed E-state index contributed by atoms with van der Waals surface area (Å²) in [5, 5.41) is 8.65. The molecule has 1 N–H and O–H groups in total. The minimum absolute atomic E-state index is 0.142. The maximum atomic E-state index is 10.5. The molecule has 1 aromatic carbocycles. The molecule has 1 aromatic heterocycles. The number of carboxylic acids is 1. The summed E-state index contributed by atoms with van der Waals surface area (Å²) in [6.45, 7) is 3.91. The number of aromatic nitrogens is 1. The number of nitrogens with zero attached hydrogens (tertiary/aromatic N) is 1. The van der Waals surface area contributed by atoms with Crippen molar-refractivity contribution in [3.63, 3.8) is 0 Å². The predicted molar refractivity (Wildman–Crippen MR) is 76.2 cm³/mol. The van der Waals surface area contributed by atoms with Crippen LogP contribution in [0, 0.1) is 13.8 Å².